The Hall–Kier alpha value is -1.84. The van der Waals surface area contributed by atoms with Crippen LogP contribution in [-0.2, 0) is 6.42 Å². The lowest BCUT2D eigenvalue weighted by molar-refractivity contribution is 0.0971. The Kier molecular flexibility index (Phi) is 2.35. The van der Waals surface area contributed by atoms with Crippen molar-refractivity contribution in [1.29, 1.82) is 0 Å². The highest BCUT2D eigenvalue weighted by Crippen LogP contribution is 2.27. The molecule has 2 aromatic rings. The molecule has 2 aromatic heterocycles. The first-order valence-corrected chi connectivity index (χ1v) is 5.99. The molecule has 0 bridgehead atoms. The van der Waals surface area contributed by atoms with E-state index in [0.29, 0.717) is 6.42 Å². The molecule has 0 spiro atoms. The fraction of sp³-hybridized carbons (Fsp3) is 0.385. The highest BCUT2D eigenvalue weighted by atomic mass is 16.1. The summed E-state index contributed by atoms with van der Waals surface area (Å²) in [6.45, 7) is 2.13. The van der Waals surface area contributed by atoms with Gasteiger partial charge in [0.25, 0.3) is 0 Å². The molecule has 1 atom stereocenters. The summed E-state index contributed by atoms with van der Waals surface area (Å²) < 4.78 is 2.19. The van der Waals surface area contributed by atoms with E-state index in [1.807, 2.05) is 24.7 Å². The number of ketones is 1. The van der Waals surface area contributed by atoms with Crippen molar-refractivity contribution in [3.05, 3.63) is 41.5 Å². The van der Waals surface area contributed by atoms with Gasteiger partial charge in [0, 0.05) is 35.6 Å². The molecule has 0 radical (unpaired) electrons. The van der Waals surface area contributed by atoms with Crippen molar-refractivity contribution in [3.63, 3.8) is 0 Å². The van der Waals surface area contributed by atoms with Crippen molar-refractivity contribution in [2.45, 2.75) is 32.2 Å². The van der Waals surface area contributed by atoms with Crippen molar-refractivity contribution in [2.24, 2.45) is 0 Å². The maximum absolute atomic E-state index is 11.8. The Balaban J connectivity index is 2.02. The lowest BCUT2D eigenvalue weighted by atomic mass is 9.96. The maximum atomic E-state index is 11.8. The minimum absolute atomic E-state index is 0.225. The quantitative estimate of drug-likeness (QED) is 0.859. The van der Waals surface area contributed by atoms with Gasteiger partial charge in [0.15, 0.2) is 5.78 Å². The van der Waals surface area contributed by atoms with Gasteiger partial charge in [0.1, 0.15) is 0 Å². The molecule has 1 aliphatic carbocycles. The fourth-order valence-electron chi connectivity index (χ4n) is 2.56. The smallest absolute Gasteiger partial charge is 0.164 e. The van der Waals surface area contributed by atoms with Crippen LogP contribution in [0.3, 0.4) is 0 Å². The molecular weight excluding hydrogens is 214 g/mol. The average molecular weight is 229 g/mol. The lowest BCUT2D eigenvalue weighted by Gasteiger charge is -2.19. The van der Waals surface area contributed by atoms with E-state index in [9.17, 15) is 4.79 Å². The normalized spacial score (nSPS) is 16.9. The number of hydrogen-bond donors (Lipinski definition) is 1. The van der Waals surface area contributed by atoms with Gasteiger partial charge in [0.2, 0.25) is 0 Å². The van der Waals surface area contributed by atoms with Gasteiger partial charge in [-0.1, -0.05) is 0 Å². The number of fused-ring (bicyclic) bond motifs is 1. The zero-order valence-electron chi connectivity index (χ0n) is 9.81. The van der Waals surface area contributed by atoms with Crippen LogP contribution >= 0.6 is 0 Å². The predicted molar refractivity (Wildman–Crippen MR) is 64.1 cm³/mol. The monoisotopic (exact) mass is 229 g/mol. The highest BCUT2D eigenvalue weighted by molar-refractivity contribution is 5.98. The molecular formula is C13H15N3O. The molecule has 1 N–H and O–H groups in total. The van der Waals surface area contributed by atoms with Crippen LogP contribution in [0, 0.1) is 0 Å². The Morgan fingerprint density at radius 3 is 3.12 bits per heavy atom. The number of nitrogens with zero attached hydrogens (tertiary/aromatic N) is 2. The van der Waals surface area contributed by atoms with Gasteiger partial charge < -0.3 is 4.57 Å². The van der Waals surface area contributed by atoms with Crippen LogP contribution in [0.1, 0.15) is 47.4 Å². The van der Waals surface area contributed by atoms with E-state index >= 15 is 0 Å². The van der Waals surface area contributed by atoms with E-state index in [4.69, 9.17) is 0 Å². The molecule has 0 aliphatic heterocycles. The van der Waals surface area contributed by atoms with Gasteiger partial charge in [-0.25, -0.2) is 0 Å². The van der Waals surface area contributed by atoms with Gasteiger partial charge in [-0.3, -0.25) is 9.89 Å². The molecule has 0 saturated heterocycles. The number of rotatable bonds is 2. The van der Waals surface area contributed by atoms with Crippen molar-refractivity contribution < 1.29 is 4.79 Å². The predicted octanol–water partition coefficient (Wildman–Crippen LogP) is 2.34. The van der Waals surface area contributed by atoms with E-state index in [1.54, 1.807) is 0 Å². The fourth-order valence-corrected chi connectivity index (χ4v) is 2.56. The van der Waals surface area contributed by atoms with E-state index in [0.717, 1.165) is 24.0 Å². The topological polar surface area (TPSA) is 50.7 Å². The molecule has 4 nitrogen and oxygen atoms in total. The number of nitrogens with one attached hydrogen (secondary N) is 1. The third kappa shape index (κ3) is 1.60. The number of carbonyl (C=O) groups excluding carboxylic acids is 1. The van der Waals surface area contributed by atoms with E-state index in [-0.39, 0.29) is 11.8 Å². The van der Waals surface area contributed by atoms with Crippen molar-refractivity contribution >= 4 is 5.78 Å². The number of carbonyl (C=O) groups is 1. The van der Waals surface area contributed by atoms with Crippen LogP contribution in [0.4, 0.5) is 0 Å². The number of hydrogen-bond acceptors (Lipinski definition) is 2. The van der Waals surface area contributed by atoms with Crippen LogP contribution in [0.5, 0.6) is 0 Å². The molecule has 17 heavy (non-hydrogen) atoms. The molecule has 1 unspecified atom stereocenters. The van der Waals surface area contributed by atoms with E-state index in [1.165, 1.54) is 5.69 Å². The number of H-pyrrole nitrogens is 1. The Morgan fingerprint density at radius 2 is 2.35 bits per heavy atom. The van der Waals surface area contributed by atoms with Crippen LogP contribution in [0.25, 0.3) is 0 Å². The molecule has 0 saturated carbocycles. The number of Topliss-reactive ketones (excluding diaryl/α,β-unsaturated/α-hetero) is 1. The molecule has 1 aliphatic rings. The maximum Gasteiger partial charge on any atom is 0.164 e. The zero-order chi connectivity index (χ0) is 11.8. The van der Waals surface area contributed by atoms with E-state index < -0.39 is 0 Å². The molecule has 4 heteroatoms. The van der Waals surface area contributed by atoms with Crippen LogP contribution in [0.15, 0.2) is 24.7 Å². The first-order chi connectivity index (χ1) is 8.27. The highest BCUT2D eigenvalue weighted by Gasteiger charge is 2.22. The third-order valence-corrected chi connectivity index (χ3v) is 3.56. The zero-order valence-corrected chi connectivity index (χ0v) is 9.81. The van der Waals surface area contributed by atoms with Crippen LogP contribution < -0.4 is 0 Å². The standard InChI is InChI=1S/C13H15N3O/c1-9(10-7-14-15-8-10)16-6-5-11-12(16)3-2-4-13(11)17/h5-9H,2-4H2,1H3,(H,14,15). The van der Waals surface area contributed by atoms with Crippen molar-refractivity contribution in [3.8, 4) is 0 Å². The molecule has 3 rings (SSSR count). The Bertz CT molecular complexity index is 539. The lowest BCUT2D eigenvalue weighted by Crippen LogP contribution is -2.15. The minimum Gasteiger partial charge on any atom is -0.343 e. The van der Waals surface area contributed by atoms with E-state index in [2.05, 4.69) is 21.7 Å². The first kappa shape index (κ1) is 10.3. The third-order valence-electron chi connectivity index (χ3n) is 3.56. The summed E-state index contributed by atoms with van der Waals surface area (Å²) in [6, 6.07) is 2.18. The SMILES string of the molecule is CC(c1cn[nH]c1)n1ccc2c1CCCC2=O. The molecule has 0 fully saturated rings. The molecule has 0 aromatic carbocycles. The second-order valence-electron chi connectivity index (χ2n) is 4.57. The largest absolute Gasteiger partial charge is 0.343 e. The summed E-state index contributed by atoms with van der Waals surface area (Å²) >= 11 is 0. The van der Waals surface area contributed by atoms with Gasteiger partial charge >= 0.3 is 0 Å². The van der Waals surface area contributed by atoms with Gasteiger partial charge in [-0.15, -0.1) is 0 Å². The Labute approximate surface area is 99.7 Å². The minimum atomic E-state index is 0.225. The average Bonchev–Trinajstić information content (AvgIpc) is 2.98. The van der Waals surface area contributed by atoms with Crippen molar-refractivity contribution in [2.75, 3.05) is 0 Å². The number of aromatic amines is 1. The van der Waals surface area contributed by atoms with Gasteiger partial charge in [0.05, 0.1) is 12.2 Å². The second-order valence-corrected chi connectivity index (χ2v) is 4.57. The summed E-state index contributed by atoms with van der Waals surface area (Å²) in [7, 11) is 0. The molecule has 88 valence electrons. The number of aromatic nitrogens is 3. The summed E-state index contributed by atoms with van der Waals surface area (Å²) in [6.07, 6.45) is 8.41. The summed E-state index contributed by atoms with van der Waals surface area (Å²) in [5, 5.41) is 6.81. The Morgan fingerprint density at radius 1 is 1.47 bits per heavy atom. The second kappa shape index (κ2) is 3.87. The van der Waals surface area contributed by atoms with Crippen LogP contribution in [-0.4, -0.2) is 20.5 Å². The van der Waals surface area contributed by atoms with Gasteiger partial charge in [-0.2, -0.15) is 5.10 Å². The van der Waals surface area contributed by atoms with Crippen LogP contribution in [0.2, 0.25) is 0 Å². The summed E-state index contributed by atoms with van der Waals surface area (Å²) in [4.78, 5) is 11.8. The first-order valence-electron chi connectivity index (χ1n) is 5.99. The summed E-state index contributed by atoms with van der Waals surface area (Å²) in [5.41, 5.74) is 3.22. The molecule has 0 amide bonds. The van der Waals surface area contributed by atoms with Crippen molar-refractivity contribution in [1.82, 2.24) is 14.8 Å². The summed E-state index contributed by atoms with van der Waals surface area (Å²) in [5.74, 6) is 0.282. The molecule has 2 heterocycles. The van der Waals surface area contributed by atoms with Gasteiger partial charge in [-0.05, 0) is 25.8 Å².